The molecule has 2 saturated heterocycles. The van der Waals surface area contributed by atoms with E-state index in [0.29, 0.717) is 6.42 Å². The van der Waals surface area contributed by atoms with E-state index in [-0.39, 0.29) is 36.9 Å². The van der Waals surface area contributed by atoms with Crippen molar-refractivity contribution in [3.05, 3.63) is 59.7 Å². The molecular formula is C26H28N2O5. The van der Waals surface area contributed by atoms with Gasteiger partial charge in [0.25, 0.3) is 0 Å². The number of carbonyl (C=O) groups is 3. The summed E-state index contributed by atoms with van der Waals surface area (Å²) >= 11 is 0. The average Bonchev–Trinajstić information content (AvgIpc) is 3.47. The lowest BCUT2D eigenvalue weighted by Gasteiger charge is -2.25. The van der Waals surface area contributed by atoms with E-state index in [0.717, 1.165) is 24.0 Å². The third kappa shape index (κ3) is 3.86. The Labute approximate surface area is 192 Å². The summed E-state index contributed by atoms with van der Waals surface area (Å²) in [5.41, 5.74) is 4.63. The van der Waals surface area contributed by atoms with E-state index in [2.05, 4.69) is 29.6 Å². The number of hydrogen-bond donors (Lipinski definition) is 2. The molecule has 2 fully saturated rings. The highest BCUT2D eigenvalue weighted by molar-refractivity contribution is 5.82. The van der Waals surface area contributed by atoms with Crippen molar-refractivity contribution in [2.24, 2.45) is 5.92 Å². The number of ether oxygens (including phenoxy) is 1. The first-order chi connectivity index (χ1) is 15.9. The predicted octanol–water partition coefficient (Wildman–Crippen LogP) is 3.77. The second-order valence-corrected chi connectivity index (χ2v) is 9.36. The highest BCUT2D eigenvalue weighted by atomic mass is 16.5. The minimum atomic E-state index is -0.829. The molecule has 0 spiro atoms. The summed E-state index contributed by atoms with van der Waals surface area (Å²) < 4.78 is 5.57. The summed E-state index contributed by atoms with van der Waals surface area (Å²) in [4.78, 5) is 38.5. The SMILES string of the molecule is C[C@@H](CC(=O)N1C2CCC1C(C(=O)O)C2)NC(=O)OCC1c2ccccc2-c2ccccc21. The van der Waals surface area contributed by atoms with Gasteiger partial charge in [0.1, 0.15) is 6.61 Å². The molecule has 3 aliphatic rings. The van der Waals surface area contributed by atoms with Gasteiger partial charge < -0.3 is 20.1 Å². The Kier molecular flexibility index (Phi) is 5.56. The summed E-state index contributed by atoms with van der Waals surface area (Å²) in [6.45, 7) is 1.99. The van der Waals surface area contributed by atoms with Crippen molar-refractivity contribution in [3.63, 3.8) is 0 Å². The van der Waals surface area contributed by atoms with Gasteiger partial charge in [-0.2, -0.15) is 0 Å². The number of nitrogens with zero attached hydrogens (tertiary/aromatic N) is 1. The monoisotopic (exact) mass is 448 g/mol. The van der Waals surface area contributed by atoms with Gasteiger partial charge in [-0.15, -0.1) is 0 Å². The fraction of sp³-hybridized carbons (Fsp3) is 0.423. The van der Waals surface area contributed by atoms with Crippen molar-refractivity contribution in [3.8, 4) is 11.1 Å². The zero-order chi connectivity index (χ0) is 23.1. The van der Waals surface area contributed by atoms with Crippen molar-refractivity contribution in [2.75, 3.05) is 6.61 Å². The van der Waals surface area contributed by atoms with Crippen molar-refractivity contribution in [1.82, 2.24) is 10.2 Å². The maximum Gasteiger partial charge on any atom is 0.407 e. The molecule has 2 N–H and O–H groups in total. The largest absolute Gasteiger partial charge is 0.481 e. The fourth-order valence-electron chi connectivity index (χ4n) is 5.90. The zero-order valence-electron chi connectivity index (χ0n) is 18.6. The number of amides is 2. The normalized spacial score (nSPS) is 23.7. The van der Waals surface area contributed by atoms with Gasteiger partial charge in [0.2, 0.25) is 5.91 Å². The number of nitrogens with one attached hydrogen (secondary N) is 1. The molecule has 2 bridgehead atoms. The van der Waals surface area contributed by atoms with Gasteiger partial charge in [0.05, 0.1) is 5.92 Å². The average molecular weight is 449 g/mol. The van der Waals surface area contributed by atoms with E-state index in [1.54, 1.807) is 11.8 Å². The van der Waals surface area contributed by atoms with Gasteiger partial charge in [-0.1, -0.05) is 48.5 Å². The Morgan fingerprint density at radius 3 is 2.30 bits per heavy atom. The van der Waals surface area contributed by atoms with Gasteiger partial charge in [-0.25, -0.2) is 4.79 Å². The number of alkyl carbamates (subject to hydrolysis) is 1. The van der Waals surface area contributed by atoms with Gasteiger partial charge in [0, 0.05) is 30.5 Å². The van der Waals surface area contributed by atoms with Crippen molar-refractivity contribution in [1.29, 1.82) is 0 Å². The molecule has 3 unspecified atom stereocenters. The van der Waals surface area contributed by atoms with Crippen LogP contribution in [0.5, 0.6) is 0 Å². The van der Waals surface area contributed by atoms with E-state index < -0.39 is 24.0 Å². The molecule has 5 rings (SSSR count). The first-order valence-corrected chi connectivity index (χ1v) is 11.6. The third-order valence-corrected chi connectivity index (χ3v) is 7.33. The molecule has 2 aliphatic heterocycles. The Morgan fingerprint density at radius 2 is 1.70 bits per heavy atom. The number of carbonyl (C=O) groups excluding carboxylic acids is 2. The van der Waals surface area contributed by atoms with Gasteiger partial charge >= 0.3 is 12.1 Å². The maximum atomic E-state index is 12.8. The maximum absolute atomic E-state index is 12.8. The number of fused-ring (bicyclic) bond motifs is 5. The number of hydrogen-bond acceptors (Lipinski definition) is 4. The summed E-state index contributed by atoms with van der Waals surface area (Å²) in [5.74, 6) is -1.42. The van der Waals surface area contributed by atoms with Crippen LogP contribution in [0.1, 0.15) is 49.7 Å². The topological polar surface area (TPSA) is 95.9 Å². The van der Waals surface area contributed by atoms with Gasteiger partial charge in [-0.3, -0.25) is 9.59 Å². The minimum Gasteiger partial charge on any atom is -0.481 e. The Hall–Kier alpha value is -3.35. The van der Waals surface area contributed by atoms with E-state index in [9.17, 15) is 19.5 Å². The van der Waals surface area contributed by atoms with Crippen LogP contribution in [0.2, 0.25) is 0 Å². The number of benzene rings is 2. The number of carboxylic acids is 1. The predicted molar refractivity (Wildman–Crippen MR) is 122 cm³/mol. The molecule has 1 aliphatic carbocycles. The first kappa shape index (κ1) is 21.5. The van der Waals surface area contributed by atoms with Crippen LogP contribution in [0.15, 0.2) is 48.5 Å². The van der Waals surface area contributed by atoms with Gasteiger partial charge in [-0.05, 0) is 48.4 Å². The summed E-state index contributed by atoms with van der Waals surface area (Å²) in [6.07, 6.45) is 1.70. The molecule has 2 aromatic carbocycles. The molecule has 0 saturated carbocycles. The van der Waals surface area contributed by atoms with E-state index in [1.807, 2.05) is 24.3 Å². The standard InChI is InChI=1S/C26H28N2O5/c1-15(12-24(29)28-16-10-11-23(28)21(13-16)25(30)31)27-26(32)33-14-22-19-8-4-2-6-17(19)18-7-3-5-9-20(18)22/h2-9,15-16,21-23H,10-14H2,1H3,(H,27,32)(H,30,31)/t15-,16?,21?,23?/m0/s1. The lowest BCUT2D eigenvalue weighted by Crippen LogP contribution is -2.42. The lowest BCUT2D eigenvalue weighted by molar-refractivity contribution is -0.143. The second kappa shape index (κ2) is 8.54. The summed E-state index contributed by atoms with van der Waals surface area (Å²) in [5, 5.41) is 12.2. The quantitative estimate of drug-likeness (QED) is 0.701. The Morgan fingerprint density at radius 1 is 1.06 bits per heavy atom. The van der Waals surface area contributed by atoms with Crippen molar-refractivity contribution >= 4 is 18.0 Å². The molecule has 2 heterocycles. The molecular weight excluding hydrogens is 420 g/mol. The summed E-state index contributed by atoms with van der Waals surface area (Å²) in [6, 6.07) is 15.7. The highest BCUT2D eigenvalue weighted by Crippen LogP contribution is 2.44. The second-order valence-electron chi connectivity index (χ2n) is 9.36. The van der Waals surface area contributed by atoms with Crippen LogP contribution in [0.4, 0.5) is 4.79 Å². The Bertz CT molecular complexity index is 1050. The molecule has 33 heavy (non-hydrogen) atoms. The molecule has 2 aromatic rings. The number of rotatable bonds is 6. The molecule has 172 valence electrons. The number of carboxylic acid groups (broad SMARTS) is 1. The Balaban J connectivity index is 1.16. The smallest absolute Gasteiger partial charge is 0.407 e. The number of aliphatic carboxylic acids is 1. The molecule has 2 amide bonds. The van der Waals surface area contributed by atoms with Crippen LogP contribution >= 0.6 is 0 Å². The molecule has 7 nitrogen and oxygen atoms in total. The van der Waals surface area contributed by atoms with E-state index >= 15 is 0 Å². The van der Waals surface area contributed by atoms with Crippen LogP contribution < -0.4 is 5.32 Å². The third-order valence-electron chi connectivity index (χ3n) is 7.33. The van der Waals surface area contributed by atoms with Crippen molar-refractivity contribution in [2.45, 2.75) is 56.7 Å². The zero-order valence-corrected chi connectivity index (χ0v) is 18.6. The first-order valence-electron chi connectivity index (χ1n) is 11.6. The van der Waals surface area contributed by atoms with Gasteiger partial charge in [0.15, 0.2) is 0 Å². The van der Waals surface area contributed by atoms with Crippen molar-refractivity contribution < 1.29 is 24.2 Å². The van der Waals surface area contributed by atoms with E-state index in [1.165, 1.54) is 11.1 Å². The highest BCUT2D eigenvalue weighted by Gasteiger charge is 2.51. The van der Waals surface area contributed by atoms with Crippen LogP contribution in [0.25, 0.3) is 11.1 Å². The molecule has 4 atom stereocenters. The molecule has 0 radical (unpaired) electrons. The van der Waals surface area contributed by atoms with Crippen LogP contribution in [0.3, 0.4) is 0 Å². The molecule has 7 heteroatoms. The van der Waals surface area contributed by atoms with E-state index in [4.69, 9.17) is 4.74 Å². The van der Waals surface area contributed by atoms with Crippen LogP contribution in [-0.2, 0) is 14.3 Å². The summed E-state index contributed by atoms with van der Waals surface area (Å²) in [7, 11) is 0. The van der Waals surface area contributed by atoms with Crippen LogP contribution in [0, 0.1) is 5.92 Å². The minimum absolute atomic E-state index is 0.00487. The fourth-order valence-corrected chi connectivity index (χ4v) is 5.90. The molecule has 0 aromatic heterocycles. The van der Waals surface area contributed by atoms with Crippen LogP contribution in [-0.4, -0.2) is 52.7 Å². The lowest BCUT2D eigenvalue weighted by atomic mass is 9.89.